The van der Waals surface area contributed by atoms with Crippen molar-refractivity contribution in [2.24, 2.45) is 5.41 Å². The molecule has 1 saturated heterocycles. The van der Waals surface area contributed by atoms with E-state index in [1.807, 2.05) is 28.9 Å². The number of carboxylic acids is 1. The van der Waals surface area contributed by atoms with E-state index in [9.17, 15) is 19.8 Å². The van der Waals surface area contributed by atoms with Gasteiger partial charge in [-0.25, -0.2) is 4.98 Å². The zero-order valence-corrected chi connectivity index (χ0v) is 18.2. The molecule has 2 aliphatic rings. The fourth-order valence-electron chi connectivity index (χ4n) is 5.47. The van der Waals surface area contributed by atoms with E-state index in [2.05, 4.69) is 9.88 Å². The predicted octanol–water partition coefficient (Wildman–Crippen LogP) is 2.55. The van der Waals surface area contributed by atoms with E-state index >= 15 is 0 Å². The monoisotopic (exact) mass is 428 g/mol. The molecule has 2 fully saturated rings. The highest BCUT2D eigenvalue weighted by Gasteiger charge is 2.41. The number of carbonyl (C=O) groups is 2. The molecule has 2 N–H and O–H groups in total. The van der Waals surface area contributed by atoms with Crippen LogP contribution in [0.4, 0.5) is 5.82 Å². The Labute approximate surface area is 182 Å². The Morgan fingerprint density at radius 3 is 2.68 bits per heavy atom. The molecule has 8 heteroatoms. The van der Waals surface area contributed by atoms with Crippen LogP contribution in [0.25, 0.3) is 5.52 Å². The van der Waals surface area contributed by atoms with E-state index in [0.29, 0.717) is 13.0 Å². The molecule has 1 saturated carbocycles. The Morgan fingerprint density at radius 2 is 1.94 bits per heavy atom. The van der Waals surface area contributed by atoms with Crippen LogP contribution in [0.1, 0.15) is 51.4 Å². The highest BCUT2D eigenvalue weighted by atomic mass is 16.4. The first-order valence-electron chi connectivity index (χ1n) is 11.1. The maximum absolute atomic E-state index is 13.0. The number of rotatable bonds is 7. The van der Waals surface area contributed by atoms with Gasteiger partial charge in [0.1, 0.15) is 0 Å². The number of aliphatic hydroxyl groups is 1. The molecule has 168 valence electrons. The predicted molar refractivity (Wildman–Crippen MR) is 117 cm³/mol. The number of carbonyl (C=O) groups excluding carboxylic acids is 1. The van der Waals surface area contributed by atoms with E-state index < -0.39 is 17.0 Å². The summed E-state index contributed by atoms with van der Waals surface area (Å²) in [5.41, 5.74) is -0.472. The van der Waals surface area contributed by atoms with Gasteiger partial charge < -0.3 is 24.4 Å². The smallest absolute Gasteiger partial charge is 0.303 e. The molecule has 1 amide bonds. The van der Waals surface area contributed by atoms with Gasteiger partial charge in [-0.3, -0.25) is 9.59 Å². The molecule has 31 heavy (non-hydrogen) atoms. The molecule has 8 nitrogen and oxygen atoms in total. The number of piperidine rings is 1. The first-order valence-corrected chi connectivity index (χ1v) is 11.1. The first kappa shape index (κ1) is 21.6. The van der Waals surface area contributed by atoms with E-state index in [1.165, 1.54) is 0 Å². The number of anilines is 1. The van der Waals surface area contributed by atoms with Crippen molar-refractivity contribution in [2.45, 2.75) is 57.0 Å². The summed E-state index contributed by atoms with van der Waals surface area (Å²) in [6, 6.07) is 3.98. The number of likely N-dealkylation sites (N-methyl/N-ethyl adjacent to an activating group) is 1. The normalized spacial score (nSPS) is 23.2. The highest BCUT2D eigenvalue weighted by molar-refractivity contribution is 5.78. The summed E-state index contributed by atoms with van der Waals surface area (Å²) in [4.78, 5) is 32.6. The molecule has 2 aromatic heterocycles. The second-order valence-corrected chi connectivity index (χ2v) is 9.51. The summed E-state index contributed by atoms with van der Waals surface area (Å²) in [5.74, 6) is -0.0857. The molecule has 1 unspecified atom stereocenters. The fourth-order valence-corrected chi connectivity index (χ4v) is 5.47. The second-order valence-electron chi connectivity index (χ2n) is 9.51. The lowest BCUT2D eigenvalue weighted by Crippen LogP contribution is -2.55. The van der Waals surface area contributed by atoms with Gasteiger partial charge in [0.05, 0.1) is 24.1 Å². The maximum Gasteiger partial charge on any atom is 0.303 e. The average Bonchev–Trinajstić information content (AvgIpc) is 3.36. The number of nitrogens with zero attached hydrogens (tertiary/aromatic N) is 4. The van der Waals surface area contributed by atoms with Gasteiger partial charge in [-0.05, 0) is 43.2 Å². The minimum Gasteiger partial charge on any atom is -0.481 e. The molecule has 0 spiro atoms. The van der Waals surface area contributed by atoms with Gasteiger partial charge in [-0.2, -0.15) is 0 Å². The molecule has 1 aliphatic heterocycles. The Balaban J connectivity index is 1.43. The Kier molecular flexibility index (Phi) is 5.92. The molecular formula is C23H32N4O4. The lowest BCUT2D eigenvalue weighted by molar-refractivity contribution is -0.142. The second kappa shape index (κ2) is 8.49. The van der Waals surface area contributed by atoms with Crippen LogP contribution in [-0.2, 0) is 9.59 Å². The summed E-state index contributed by atoms with van der Waals surface area (Å²) < 4.78 is 2.01. The van der Waals surface area contributed by atoms with Gasteiger partial charge in [-0.1, -0.05) is 12.8 Å². The molecule has 0 aromatic carbocycles. The molecule has 0 bridgehead atoms. The summed E-state index contributed by atoms with van der Waals surface area (Å²) in [5, 5.41) is 20.7. The van der Waals surface area contributed by atoms with Crippen molar-refractivity contribution in [2.75, 3.05) is 31.6 Å². The number of carboxylic acid groups (broad SMARTS) is 1. The number of aliphatic carboxylic acids is 1. The molecule has 3 heterocycles. The van der Waals surface area contributed by atoms with Crippen molar-refractivity contribution in [3.63, 3.8) is 0 Å². The van der Waals surface area contributed by atoms with Gasteiger partial charge >= 0.3 is 5.97 Å². The van der Waals surface area contributed by atoms with Crippen LogP contribution in [0.2, 0.25) is 0 Å². The lowest BCUT2D eigenvalue weighted by atomic mass is 9.79. The molecule has 4 rings (SSSR count). The van der Waals surface area contributed by atoms with Gasteiger partial charge in [-0.15, -0.1) is 0 Å². The minimum absolute atomic E-state index is 0.0393. The van der Waals surface area contributed by atoms with Crippen LogP contribution >= 0.6 is 0 Å². The van der Waals surface area contributed by atoms with Gasteiger partial charge in [0.25, 0.3) is 0 Å². The zero-order chi connectivity index (χ0) is 22.1. The van der Waals surface area contributed by atoms with Crippen LogP contribution in [0, 0.1) is 5.41 Å². The molecule has 1 atom stereocenters. The number of hydrogen-bond acceptors (Lipinski definition) is 5. The number of aromatic nitrogens is 2. The third-order valence-corrected chi connectivity index (χ3v) is 6.96. The van der Waals surface area contributed by atoms with Crippen LogP contribution in [0.15, 0.2) is 30.7 Å². The third kappa shape index (κ3) is 4.69. The topological polar surface area (TPSA) is 98.4 Å². The maximum atomic E-state index is 13.0. The van der Waals surface area contributed by atoms with Gasteiger partial charge in [0.15, 0.2) is 5.82 Å². The van der Waals surface area contributed by atoms with E-state index in [-0.39, 0.29) is 25.3 Å². The minimum atomic E-state index is -1.03. The van der Waals surface area contributed by atoms with Crippen LogP contribution in [0.5, 0.6) is 0 Å². The first-order chi connectivity index (χ1) is 14.8. The van der Waals surface area contributed by atoms with Crippen molar-refractivity contribution < 1.29 is 19.8 Å². The third-order valence-electron chi connectivity index (χ3n) is 6.96. The number of fused-ring (bicyclic) bond motifs is 1. The summed E-state index contributed by atoms with van der Waals surface area (Å²) in [6.07, 6.45) is 10.8. The zero-order valence-electron chi connectivity index (χ0n) is 18.2. The Morgan fingerprint density at radius 1 is 1.16 bits per heavy atom. The van der Waals surface area contributed by atoms with Crippen molar-refractivity contribution in [3.8, 4) is 0 Å². The number of β-amino-alcohol motifs (C(OH)–C–C–N with tert-alkyl or cyclic N) is 1. The SMILES string of the molecule is CN(CC1(O)CCCN(c2nccn3cccc23)C1)C(=O)CC1(CC(=O)O)CCCC1. The number of amides is 1. The molecule has 2 aromatic rings. The van der Waals surface area contributed by atoms with Crippen molar-refractivity contribution in [1.29, 1.82) is 0 Å². The fraction of sp³-hybridized carbons (Fsp3) is 0.609. The number of hydrogen-bond donors (Lipinski definition) is 2. The lowest BCUT2D eigenvalue weighted by Gasteiger charge is -2.42. The van der Waals surface area contributed by atoms with E-state index in [1.54, 1.807) is 18.1 Å². The van der Waals surface area contributed by atoms with Crippen LogP contribution in [-0.4, -0.2) is 68.7 Å². The summed E-state index contributed by atoms with van der Waals surface area (Å²) in [7, 11) is 1.72. The van der Waals surface area contributed by atoms with Gasteiger partial charge in [0, 0.05) is 45.1 Å². The Bertz CT molecular complexity index is 952. The molecule has 1 aliphatic carbocycles. The molecule has 0 radical (unpaired) electrons. The van der Waals surface area contributed by atoms with Crippen LogP contribution < -0.4 is 4.90 Å². The Hall–Kier alpha value is -2.61. The quantitative estimate of drug-likeness (QED) is 0.703. The average molecular weight is 429 g/mol. The summed E-state index contributed by atoms with van der Waals surface area (Å²) in [6.45, 7) is 1.44. The van der Waals surface area contributed by atoms with Crippen molar-refractivity contribution >= 4 is 23.2 Å². The standard InChI is InChI=1S/C23H32N4O4/c1-25(19(28)14-22(15-20(29)30)7-2-3-8-22)16-23(31)9-5-12-27(17-23)21-18-6-4-11-26(18)13-10-24-21/h4,6,10-11,13,31H,2-3,5,7-9,12,14-17H2,1H3,(H,29,30). The van der Waals surface area contributed by atoms with Crippen molar-refractivity contribution in [3.05, 3.63) is 30.7 Å². The highest BCUT2D eigenvalue weighted by Crippen LogP contribution is 2.44. The van der Waals surface area contributed by atoms with Crippen LogP contribution in [0.3, 0.4) is 0 Å². The van der Waals surface area contributed by atoms with E-state index in [0.717, 1.165) is 50.0 Å². The van der Waals surface area contributed by atoms with Crippen molar-refractivity contribution in [1.82, 2.24) is 14.3 Å². The largest absolute Gasteiger partial charge is 0.481 e. The molecular weight excluding hydrogens is 396 g/mol. The van der Waals surface area contributed by atoms with Gasteiger partial charge in [0.2, 0.25) is 5.91 Å². The van der Waals surface area contributed by atoms with E-state index in [4.69, 9.17) is 0 Å². The summed E-state index contributed by atoms with van der Waals surface area (Å²) >= 11 is 0.